The summed E-state index contributed by atoms with van der Waals surface area (Å²) in [6.07, 6.45) is 3.77. The molecule has 26 heavy (non-hydrogen) atoms. The molecule has 0 aromatic heterocycles. The number of rotatable bonds is 5. The maximum atomic E-state index is 12.3. The average molecular weight is 362 g/mol. The van der Waals surface area contributed by atoms with Crippen LogP contribution in [0, 0.1) is 22.7 Å². The molecule has 0 aromatic rings. The quantitative estimate of drug-likeness (QED) is 0.580. The first kappa shape index (κ1) is 18.9. The van der Waals surface area contributed by atoms with Gasteiger partial charge in [-0.25, -0.2) is 10.2 Å². The molecule has 3 atom stereocenters. The van der Waals surface area contributed by atoms with Crippen LogP contribution >= 0.6 is 0 Å². The van der Waals surface area contributed by atoms with Crippen molar-refractivity contribution < 1.29 is 14.4 Å². The molecule has 1 heterocycles. The number of amides is 4. The van der Waals surface area contributed by atoms with Crippen molar-refractivity contribution in [3.05, 3.63) is 0 Å². The van der Waals surface area contributed by atoms with Gasteiger partial charge in [-0.2, -0.15) is 5.10 Å². The molecule has 7 heteroatoms. The van der Waals surface area contributed by atoms with E-state index in [-0.39, 0.29) is 29.2 Å². The second-order valence-electron chi connectivity index (χ2n) is 9.14. The molecular weight excluding hydrogens is 332 g/mol. The van der Waals surface area contributed by atoms with E-state index in [4.69, 9.17) is 0 Å². The zero-order chi connectivity index (χ0) is 19.3. The summed E-state index contributed by atoms with van der Waals surface area (Å²) in [5, 5.41) is 7.03. The summed E-state index contributed by atoms with van der Waals surface area (Å²) >= 11 is 0. The monoisotopic (exact) mass is 362 g/mol. The Morgan fingerprint density at radius 1 is 1.35 bits per heavy atom. The van der Waals surface area contributed by atoms with Gasteiger partial charge in [-0.1, -0.05) is 34.6 Å². The predicted molar refractivity (Wildman–Crippen MR) is 98.3 cm³/mol. The second kappa shape index (κ2) is 6.35. The van der Waals surface area contributed by atoms with E-state index < -0.39 is 18.0 Å². The van der Waals surface area contributed by atoms with Gasteiger partial charge in [0.2, 0.25) is 0 Å². The first-order valence-corrected chi connectivity index (χ1v) is 9.54. The van der Waals surface area contributed by atoms with Crippen LogP contribution in [0.25, 0.3) is 0 Å². The Kier molecular flexibility index (Phi) is 4.61. The molecule has 2 bridgehead atoms. The van der Waals surface area contributed by atoms with Gasteiger partial charge in [0.05, 0.1) is 0 Å². The van der Waals surface area contributed by atoms with E-state index in [2.05, 4.69) is 36.6 Å². The highest BCUT2D eigenvalue weighted by molar-refractivity contribution is 6.06. The Hall–Kier alpha value is -1.92. The maximum Gasteiger partial charge on any atom is 0.325 e. The molecule has 4 amide bonds. The lowest BCUT2D eigenvalue weighted by molar-refractivity contribution is -0.132. The third kappa shape index (κ3) is 2.91. The van der Waals surface area contributed by atoms with Gasteiger partial charge in [0.25, 0.3) is 11.8 Å². The zero-order valence-electron chi connectivity index (χ0n) is 16.4. The van der Waals surface area contributed by atoms with E-state index in [1.165, 1.54) is 6.42 Å². The van der Waals surface area contributed by atoms with E-state index in [1.807, 2.05) is 13.8 Å². The molecule has 2 saturated carbocycles. The molecule has 3 fully saturated rings. The van der Waals surface area contributed by atoms with Crippen LogP contribution in [0.2, 0.25) is 0 Å². The van der Waals surface area contributed by atoms with Gasteiger partial charge >= 0.3 is 6.03 Å². The zero-order valence-corrected chi connectivity index (χ0v) is 16.4. The molecule has 2 N–H and O–H groups in total. The van der Waals surface area contributed by atoms with Gasteiger partial charge in [-0.3, -0.25) is 14.5 Å². The Bertz CT molecular complexity index is 670. The maximum absolute atomic E-state index is 12.3. The minimum absolute atomic E-state index is 0.00808. The molecule has 144 valence electrons. The molecule has 2 aliphatic carbocycles. The van der Waals surface area contributed by atoms with Crippen LogP contribution in [-0.2, 0) is 9.59 Å². The van der Waals surface area contributed by atoms with Crippen molar-refractivity contribution in [3.63, 3.8) is 0 Å². The molecular formula is C19H30N4O3. The molecule has 0 radical (unpaired) electrons. The summed E-state index contributed by atoms with van der Waals surface area (Å²) in [7, 11) is 0. The lowest BCUT2D eigenvalue weighted by atomic mass is 9.70. The summed E-state index contributed by atoms with van der Waals surface area (Å²) in [5.74, 6) is 0.118. The molecule has 3 unspecified atom stereocenters. The van der Waals surface area contributed by atoms with Gasteiger partial charge in [0, 0.05) is 11.1 Å². The van der Waals surface area contributed by atoms with Crippen molar-refractivity contribution >= 4 is 23.6 Å². The highest BCUT2D eigenvalue weighted by atomic mass is 16.2. The van der Waals surface area contributed by atoms with Crippen LogP contribution in [0.3, 0.4) is 0 Å². The molecule has 7 nitrogen and oxygen atoms in total. The topological polar surface area (TPSA) is 90.9 Å². The lowest BCUT2D eigenvalue weighted by Gasteiger charge is -2.34. The number of hydrogen-bond acceptors (Lipinski definition) is 4. The van der Waals surface area contributed by atoms with E-state index in [0.29, 0.717) is 12.3 Å². The Balaban J connectivity index is 1.60. The van der Waals surface area contributed by atoms with Crippen molar-refractivity contribution in [2.45, 2.75) is 66.3 Å². The molecule has 0 spiro atoms. The Morgan fingerprint density at radius 2 is 2.04 bits per heavy atom. The molecule has 3 aliphatic rings. The average Bonchev–Trinajstić information content (AvgIpc) is 3.00. The fourth-order valence-corrected chi connectivity index (χ4v) is 4.76. The van der Waals surface area contributed by atoms with E-state index in [0.717, 1.165) is 23.5 Å². The number of imide groups is 1. The normalized spacial score (nSPS) is 34.1. The fraction of sp³-hybridized carbons (Fsp3) is 0.789. The minimum atomic E-state index is -0.535. The highest BCUT2D eigenvalue weighted by Gasteiger charge is 2.60. The van der Waals surface area contributed by atoms with E-state index in [1.54, 1.807) is 0 Å². The number of carbonyl (C=O) groups excluding carboxylic acids is 3. The van der Waals surface area contributed by atoms with Crippen LogP contribution in [0.5, 0.6) is 0 Å². The van der Waals surface area contributed by atoms with Gasteiger partial charge in [-0.05, 0) is 42.9 Å². The fourth-order valence-electron chi connectivity index (χ4n) is 4.76. The van der Waals surface area contributed by atoms with Gasteiger partial charge in [0.1, 0.15) is 12.6 Å². The van der Waals surface area contributed by atoms with Crippen molar-refractivity contribution in [2.24, 2.45) is 27.8 Å². The number of nitrogens with one attached hydrogen (secondary N) is 2. The van der Waals surface area contributed by atoms with Gasteiger partial charge < -0.3 is 5.32 Å². The first-order valence-electron chi connectivity index (χ1n) is 9.54. The number of carbonyl (C=O) groups is 3. The van der Waals surface area contributed by atoms with Crippen molar-refractivity contribution in [3.8, 4) is 0 Å². The van der Waals surface area contributed by atoms with Crippen LogP contribution in [0.15, 0.2) is 5.10 Å². The summed E-state index contributed by atoms with van der Waals surface area (Å²) in [6, 6.07) is -1.04. The van der Waals surface area contributed by atoms with Crippen molar-refractivity contribution in [1.29, 1.82) is 0 Å². The van der Waals surface area contributed by atoms with Crippen molar-refractivity contribution in [1.82, 2.24) is 15.6 Å². The summed E-state index contributed by atoms with van der Waals surface area (Å²) in [6.45, 7) is 10.5. The second-order valence-corrected chi connectivity index (χ2v) is 9.14. The van der Waals surface area contributed by atoms with Crippen LogP contribution in [0.4, 0.5) is 4.79 Å². The highest BCUT2D eigenvalue weighted by Crippen LogP contribution is 2.63. The number of hydrogen-bond donors (Lipinski definition) is 2. The summed E-state index contributed by atoms with van der Waals surface area (Å²) in [4.78, 5) is 37.5. The van der Waals surface area contributed by atoms with Crippen LogP contribution in [-0.4, -0.2) is 41.0 Å². The third-order valence-electron chi connectivity index (χ3n) is 6.94. The SMILES string of the molecule is CC(C)CC1NC(=O)N(CC(=O)N/N=C2\CC3CCC2(C)C3(C)C)C1=O. The number of urea groups is 1. The van der Waals surface area contributed by atoms with Crippen LogP contribution < -0.4 is 10.7 Å². The summed E-state index contributed by atoms with van der Waals surface area (Å²) < 4.78 is 0. The largest absolute Gasteiger partial charge is 0.326 e. The predicted octanol–water partition coefficient (Wildman–Crippen LogP) is 2.27. The Morgan fingerprint density at radius 3 is 2.58 bits per heavy atom. The number of hydrazone groups is 1. The van der Waals surface area contributed by atoms with Crippen LogP contribution in [0.1, 0.15) is 60.3 Å². The number of fused-ring (bicyclic) bond motifs is 2. The first-order chi connectivity index (χ1) is 12.1. The smallest absolute Gasteiger partial charge is 0.325 e. The number of nitrogens with zero attached hydrogens (tertiary/aromatic N) is 2. The Labute approximate surface area is 155 Å². The molecule has 0 aromatic carbocycles. The van der Waals surface area contributed by atoms with Crippen molar-refractivity contribution in [2.75, 3.05) is 6.54 Å². The summed E-state index contributed by atoms with van der Waals surface area (Å²) in [5.41, 5.74) is 3.79. The lowest BCUT2D eigenvalue weighted by Crippen LogP contribution is -2.41. The minimum Gasteiger partial charge on any atom is -0.326 e. The van der Waals surface area contributed by atoms with E-state index in [9.17, 15) is 14.4 Å². The van der Waals surface area contributed by atoms with Gasteiger partial charge in [0.15, 0.2) is 0 Å². The van der Waals surface area contributed by atoms with E-state index >= 15 is 0 Å². The molecule has 1 aliphatic heterocycles. The standard InChI is InChI=1S/C19H30N4O3/c1-11(2)8-13-16(25)23(17(26)20-13)10-15(24)22-21-14-9-12-6-7-19(14,5)18(12,3)4/h11-13H,6-10H2,1-5H3,(H,20,26)(H,22,24)/b21-14+. The molecule has 3 rings (SSSR count). The third-order valence-corrected chi connectivity index (χ3v) is 6.94. The van der Waals surface area contributed by atoms with Gasteiger partial charge in [-0.15, -0.1) is 0 Å². The molecule has 1 saturated heterocycles.